The van der Waals surface area contributed by atoms with Crippen molar-refractivity contribution in [1.29, 1.82) is 0 Å². The second-order valence-corrected chi connectivity index (χ2v) is 8.06. The van der Waals surface area contributed by atoms with Gasteiger partial charge < -0.3 is 24.4 Å². The Morgan fingerprint density at radius 1 is 1.27 bits per heavy atom. The summed E-state index contributed by atoms with van der Waals surface area (Å²) in [6.07, 6.45) is -1.78. The van der Waals surface area contributed by atoms with E-state index < -0.39 is 64.3 Å². The van der Waals surface area contributed by atoms with Crippen LogP contribution in [0.2, 0.25) is 0 Å². The maximum Gasteiger partial charge on any atom is 0.342 e. The minimum absolute atomic E-state index is 0.189. The minimum Gasteiger partial charge on any atom is -0.458 e. The standard InChI is InChI=1S/C15H18O7/c1-12(2,18)6-7-10(16)20-8(6)9-13(3)14(7,19)4-5-15(13,22-5)11(17)21-9/h5-9,18-19H,4H2,1-3H3/t5-,6?,7?,8?,9?,13?,14?,15+/m1/s1. The lowest BCUT2D eigenvalue weighted by Gasteiger charge is -2.53. The number of fused-ring (bicyclic) bond motifs is 4. The molecule has 2 N–H and O–H groups in total. The summed E-state index contributed by atoms with van der Waals surface area (Å²) in [7, 11) is 0. The summed E-state index contributed by atoms with van der Waals surface area (Å²) in [5.41, 5.74) is -4.89. The number of epoxide rings is 1. The number of esters is 2. The molecule has 1 spiro atoms. The Morgan fingerprint density at radius 2 is 1.95 bits per heavy atom. The van der Waals surface area contributed by atoms with Crippen LogP contribution in [-0.4, -0.2) is 57.3 Å². The van der Waals surface area contributed by atoms with E-state index in [-0.39, 0.29) is 6.42 Å². The lowest BCUT2D eigenvalue weighted by atomic mass is 9.52. The Kier molecular flexibility index (Phi) is 1.85. The number of ether oxygens (including phenoxy) is 3. The maximum absolute atomic E-state index is 12.4. The number of aliphatic hydroxyl groups is 2. The molecule has 5 rings (SSSR count). The number of hydrogen-bond donors (Lipinski definition) is 2. The highest BCUT2D eigenvalue weighted by Gasteiger charge is 2.95. The molecule has 7 heteroatoms. The summed E-state index contributed by atoms with van der Waals surface area (Å²) in [6, 6.07) is 0. The number of carbonyl (C=O) groups is 2. The monoisotopic (exact) mass is 310 g/mol. The van der Waals surface area contributed by atoms with E-state index in [1.165, 1.54) is 0 Å². The van der Waals surface area contributed by atoms with Gasteiger partial charge in [0, 0.05) is 12.3 Å². The van der Waals surface area contributed by atoms with E-state index in [2.05, 4.69) is 0 Å². The normalized spacial score (nSPS) is 60.7. The van der Waals surface area contributed by atoms with E-state index in [0.717, 1.165) is 0 Å². The molecule has 5 fully saturated rings. The predicted octanol–water partition coefficient (Wildman–Crippen LogP) is -0.867. The van der Waals surface area contributed by atoms with Crippen molar-refractivity contribution in [2.24, 2.45) is 17.3 Å². The topological polar surface area (TPSA) is 106 Å². The third-order valence-corrected chi connectivity index (χ3v) is 6.85. The van der Waals surface area contributed by atoms with Gasteiger partial charge in [-0.2, -0.15) is 0 Å². The van der Waals surface area contributed by atoms with Crippen LogP contribution in [0.1, 0.15) is 27.2 Å². The molecular formula is C15H18O7. The maximum atomic E-state index is 12.4. The third kappa shape index (κ3) is 0.962. The van der Waals surface area contributed by atoms with Crippen molar-refractivity contribution in [2.45, 2.75) is 62.3 Å². The molecule has 8 atom stereocenters. The Labute approximate surface area is 126 Å². The lowest BCUT2D eigenvalue weighted by Crippen LogP contribution is -2.68. The first-order valence-corrected chi connectivity index (χ1v) is 7.63. The van der Waals surface area contributed by atoms with Crippen LogP contribution >= 0.6 is 0 Å². The van der Waals surface area contributed by atoms with Gasteiger partial charge in [-0.15, -0.1) is 0 Å². The van der Waals surface area contributed by atoms with Gasteiger partial charge in [0.15, 0.2) is 6.10 Å². The molecule has 3 heterocycles. The van der Waals surface area contributed by atoms with Crippen LogP contribution in [0, 0.1) is 17.3 Å². The number of rotatable bonds is 1. The van der Waals surface area contributed by atoms with Crippen molar-refractivity contribution in [3.05, 3.63) is 0 Å². The zero-order valence-electron chi connectivity index (χ0n) is 12.5. The molecule has 5 aliphatic rings. The summed E-state index contributed by atoms with van der Waals surface area (Å²) in [5, 5.41) is 21.9. The Morgan fingerprint density at radius 3 is 2.59 bits per heavy atom. The van der Waals surface area contributed by atoms with Gasteiger partial charge in [-0.3, -0.25) is 4.79 Å². The van der Waals surface area contributed by atoms with Crippen molar-refractivity contribution in [3.8, 4) is 0 Å². The second kappa shape index (κ2) is 3.07. The van der Waals surface area contributed by atoms with Crippen LogP contribution in [0.15, 0.2) is 0 Å². The van der Waals surface area contributed by atoms with E-state index >= 15 is 0 Å². The van der Waals surface area contributed by atoms with Gasteiger partial charge in [-0.05, 0) is 20.8 Å². The molecule has 6 unspecified atom stereocenters. The smallest absolute Gasteiger partial charge is 0.342 e. The van der Waals surface area contributed by atoms with E-state index in [1.54, 1.807) is 20.8 Å². The molecule has 0 aromatic carbocycles. The van der Waals surface area contributed by atoms with Crippen LogP contribution in [0.5, 0.6) is 0 Å². The highest BCUT2D eigenvalue weighted by atomic mass is 16.7. The molecule has 3 aliphatic heterocycles. The Hall–Kier alpha value is -1.18. The average Bonchev–Trinajstić information content (AvgIpc) is 2.85. The van der Waals surface area contributed by atoms with Crippen LogP contribution in [0.25, 0.3) is 0 Å². The summed E-state index contributed by atoms with van der Waals surface area (Å²) in [4.78, 5) is 24.8. The number of carbonyl (C=O) groups excluding carboxylic acids is 2. The molecule has 120 valence electrons. The third-order valence-electron chi connectivity index (χ3n) is 6.85. The fourth-order valence-electron chi connectivity index (χ4n) is 5.83. The molecule has 2 saturated carbocycles. The zero-order valence-corrected chi connectivity index (χ0v) is 12.5. The number of hydrogen-bond acceptors (Lipinski definition) is 7. The Balaban J connectivity index is 1.76. The molecule has 0 aromatic rings. The molecule has 0 aromatic heterocycles. The SMILES string of the molecule is CC(C)(O)C1C2OC(=O)C1C1(O)C[C@H]3O[C@]34C(=O)OC2C14C. The second-order valence-electron chi connectivity index (χ2n) is 8.06. The lowest BCUT2D eigenvalue weighted by molar-refractivity contribution is -0.223. The van der Waals surface area contributed by atoms with Crippen LogP contribution in [0.3, 0.4) is 0 Å². The van der Waals surface area contributed by atoms with Gasteiger partial charge in [-0.1, -0.05) is 0 Å². The van der Waals surface area contributed by atoms with E-state index in [9.17, 15) is 19.8 Å². The average molecular weight is 310 g/mol. The van der Waals surface area contributed by atoms with Crippen molar-refractivity contribution in [2.75, 3.05) is 0 Å². The summed E-state index contributed by atoms with van der Waals surface area (Å²) >= 11 is 0. The molecule has 22 heavy (non-hydrogen) atoms. The van der Waals surface area contributed by atoms with Crippen molar-refractivity contribution in [3.63, 3.8) is 0 Å². The zero-order chi connectivity index (χ0) is 15.9. The molecule has 7 nitrogen and oxygen atoms in total. The van der Waals surface area contributed by atoms with E-state index in [1.807, 2.05) is 0 Å². The summed E-state index contributed by atoms with van der Waals surface area (Å²) in [6.45, 7) is 4.92. The van der Waals surface area contributed by atoms with Gasteiger partial charge in [0.1, 0.15) is 12.2 Å². The molecule has 3 saturated heterocycles. The summed E-state index contributed by atoms with van der Waals surface area (Å²) in [5.74, 6) is -2.51. The molecule has 2 aliphatic carbocycles. The van der Waals surface area contributed by atoms with Crippen molar-refractivity contribution < 1.29 is 34.0 Å². The van der Waals surface area contributed by atoms with E-state index in [4.69, 9.17) is 14.2 Å². The Bertz CT molecular complexity index is 638. The fourth-order valence-corrected chi connectivity index (χ4v) is 5.83. The van der Waals surface area contributed by atoms with Gasteiger partial charge in [0.05, 0.1) is 22.5 Å². The highest BCUT2D eigenvalue weighted by molar-refractivity contribution is 5.91. The molecule has 2 bridgehead atoms. The highest BCUT2D eigenvalue weighted by Crippen LogP contribution is 2.77. The van der Waals surface area contributed by atoms with Crippen LogP contribution < -0.4 is 0 Å². The van der Waals surface area contributed by atoms with Gasteiger partial charge in [-0.25, -0.2) is 4.79 Å². The first-order valence-electron chi connectivity index (χ1n) is 7.63. The largest absolute Gasteiger partial charge is 0.458 e. The summed E-state index contributed by atoms with van der Waals surface area (Å²) < 4.78 is 16.5. The van der Waals surface area contributed by atoms with Crippen molar-refractivity contribution >= 4 is 11.9 Å². The van der Waals surface area contributed by atoms with Crippen LogP contribution in [0.4, 0.5) is 0 Å². The van der Waals surface area contributed by atoms with E-state index in [0.29, 0.717) is 0 Å². The molecular weight excluding hydrogens is 292 g/mol. The van der Waals surface area contributed by atoms with Gasteiger partial charge in [0.2, 0.25) is 5.60 Å². The molecule has 0 amide bonds. The van der Waals surface area contributed by atoms with Gasteiger partial charge >= 0.3 is 11.9 Å². The first kappa shape index (κ1) is 13.3. The quantitative estimate of drug-likeness (QED) is 0.479. The molecule has 0 radical (unpaired) electrons. The van der Waals surface area contributed by atoms with Crippen molar-refractivity contribution in [1.82, 2.24) is 0 Å². The van der Waals surface area contributed by atoms with Crippen LogP contribution in [-0.2, 0) is 23.8 Å². The first-order chi connectivity index (χ1) is 10.1. The minimum atomic E-state index is -1.47. The fraction of sp³-hybridized carbons (Fsp3) is 0.867. The predicted molar refractivity (Wildman–Crippen MR) is 68.3 cm³/mol. The van der Waals surface area contributed by atoms with Gasteiger partial charge in [0.25, 0.3) is 0 Å².